The molecular formula is C4H6O3. The van der Waals surface area contributed by atoms with Gasteiger partial charge in [0.15, 0.2) is 5.78 Å². The molecule has 1 rings (SSSR count). The van der Waals surface area contributed by atoms with Crippen LogP contribution >= 0.6 is 0 Å². The third-order valence-corrected chi connectivity index (χ3v) is 0.892. The molecule has 1 heterocycles. The zero-order valence-corrected chi connectivity index (χ0v) is 3.76. The van der Waals surface area contributed by atoms with E-state index in [1.165, 1.54) is 0 Å². The molecule has 0 aromatic carbocycles. The van der Waals surface area contributed by atoms with Crippen LogP contribution in [0.3, 0.4) is 0 Å². The number of carbonyl (C=O) groups is 1. The first-order valence-corrected chi connectivity index (χ1v) is 2.09. The Balaban J connectivity index is 2.48. The zero-order chi connectivity index (χ0) is 5.28. The number of Topliss-reactive ketones (excluding diaryl/α,β-unsaturated/α-hetero) is 1. The summed E-state index contributed by atoms with van der Waals surface area (Å²) in [7, 11) is 0. The van der Waals surface area contributed by atoms with Crippen molar-refractivity contribution < 1.29 is 14.6 Å². The molecule has 1 atom stereocenters. The number of hydrogen-bond acceptors (Lipinski definition) is 3. The van der Waals surface area contributed by atoms with E-state index in [1.807, 2.05) is 0 Å². The Kier molecular flexibility index (Phi) is 1.08. The summed E-state index contributed by atoms with van der Waals surface area (Å²) in [6.07, 6.45) is -0.847. The number of ketones is 1. The standard InChI is InChI=1S/C4H6O3/c5-3-1-7-2-4(3)6/h3,5H,1-2H2. The van der Waals surface area contributed by atoms with Gasteiger partial charge < -0.3 is 9.84 Å². The van der Waals surface area contributed by atoms with Gasteiger partial charge in [-0.05, 0) is 0 Å². The fourth-order valence-electron chi connectivity index (χ4n) is 0.460. The Hall–Kier alpha value is -0.410. The summed E-state index contributed by atoms with van der Waals surface area (Å²) in [5, 5.41) is 8.52. The molecule has 0 aliphatic carbocycles. The fraction of sp³-hybridized carbons (Fsp3) is 0.750. The molecule has 1 aliphatic rings. The van der Waals surface area contributed by atoms with Crippen LogP contribution in [0.1, 0.15) is 0 Å². The van der Waals surface area contributed by atoms with Crippen molar-refractivity contribution in [3.63, 3.8) is 0 Å². The van der Waals surface area contributed by atoms with Crippen LogP contribution in [-0.4, -0.2) is 30.2 Å². The van der Waals surface area contributed by atoms with Gasteiger partial charge >= 0.3 is 0 Å². The number of aliphatic hydroxyl groups excluding tert-OH is 1. The molecule has 0 bridgehead atoms. The van der Waals surface area contributed by atoms with E-state index in [2.05, 4.69) is 4.74 Å². The van der Waals surface area contributed by atoms with Crippen molar-refractivity contribution in [2.24, 2.45) is 0 Å². The average molecular weight is 102 g/mol. The zero-order valence-electron chi connectivity index (χ0n) is 3.76. The number of ether oxygens (including phenoxy) is 1. The minimum Gasteiger partial charge on any atom is -0.383 e. The Labute approximate surface area is 40.9 Å². The average Bonchev–Trinajstić information content (AvgIpc) is 1.91. The molecule has 3 nitrogen and oxygen atoms in total. The normalized spacial score (nSPS) is 31.6. The van der Waals surface area contributed by atoms with Crippen LogP contribution in [0.2, 0.25) is 0 Å². The second-order valence-corrected chi connectivity index (χ2v) is 1.50. The van der Waals surface area contributed by atoms with E-state index in [0.717, 1.165) is 0 Å². The highest BCUT2D eigenvalue weighted by atomic mass is 16.5. The predicted octanol–water partition coefficient (Wildman–Crippen LogP) is -1.05. The maximum Gasteiger partial charge on any atom is 0.189 e. The van der Waals surface area contributed by atoms with Crippen LogP contribution in [0.15, 0.2) is 0 Å². The first-order valence-electron chi connectivity index (χ1n) is 2.09. The Bertz CT molecular complexity index is 88.9. The van der Waals surface area contributed by atoms with Gasteiger partial charge in [0.1, 0.15) is 12.7 Å². The molecule has 1 unspecified atom stereocenters. The van der Waals surface area contributed by atoms with E-state index in [4.69, 9.17) is 5.11 Å². The highest BCUT2D eigenvalue weighted by molar-refractivity contribution is 5.85. The maximum absolute atomic E-state index is 10.2. The summed E-state index contributed by atoms with van der Waals surface area (Å²) in [4.78, 5) is 10.2. The lowest BCUT2D eigenvalue weighted by Crippen LogP contribution is -2.15. The summed E-state index contributed by atoms with van der Waals surface area (Å²) in [6.45, 7) is 0.264. The fourth-order valence-corrected chi connectivity index (χ4v) is 0.460. The second kappa shape index (κ2) is 1.60. The highest BCUT2D eigenvalue weighted by Crippen LogP contribution is 1.96. The molecule has 0 spiro atoms. The molecule has 0 amide bonds. The van der Waals surface area contributed by atoms with E-state index in [9.17, 15) is 4.79 Å². The highest BCUT2D eigenvalue weighted by Gasteiger charge is 2.21. The van der Waals surface area contributed by atoms with E-state index in [0.29, 0.717) is 0 Å². The molecular weight excluding hydrogens is 96.0 g/mol. The van der Waals surface area contributed by atoms with Crippen LogP contribution in [0.25, 0.3) is 0 Å². The quantitative estimate of drug-likeness (QED) is 0.424. The molecule has 1 N–H and O–H groups in total. The SMILES string of the molecule is O=C1COCC1O. The van der Waals surface area contributed by atoms with Gasteiger partial charge in [0.05, 0.1) is 6.61 Å². The van der Waals surface area contributed by atoms with Crippen molar-refractivity contribution in [1.29, 1.82) is 0 Å². The minimum absolute atomic E-state index is 0.0845. The van der Waals surface area contributed by atoms with Crippen molar-refractivity contribution in [2.45, 2.75) is 6.10 Å². The molecule has 0 saturated carbocycles. The molecule has 0 aromatic heterocycles. The molecule has 7 heavy (non-hydrogen) atoms. The number of aliphatic hydroxyl groups is 1. The molecule has 1 saturated heterocycles. The summed E-state index contributed by atoms with van der Waals surface area (Å²) >= 11 is 0. The molecule has 0 radical (unpaired) electrons. The largest absolute Gasteiger partial charge is 0.383 e. The lowest BCUT2D eigenvalue weighted by molar-refractivity contribution is -0.123. The summed E-state index contributed by atoms with van der Waals surface area (Å²) < 4.78 is 4.57. The van der Waals surface area contributed by atoms with Gasteiger partial charge in [-0.25, -0.2) is 0 Å². The molecule has 1 aliphatic heterocycles. The minimum atomic E-state index is -0.847. The van der Waals surface area contributed by atoms with Crippen molar-refractivity contribution >= 4 is 5.78 Å². The van der Waals surface area contributed by atoms with Gasteiger partial charge in [-0.15, -0.1) is 0 Å². The monoisotopic (exact) mass is 102 g/mol. The first kappa shape index (κ1) is 4.74. The predicted molar refractivity (Wildman–Crippen MR) is 21.8 cm³/mol. The number of rotatable bonds is 0. The van der Waals surface area contributed by atoms with Gasteiger partial charge in [0.2, 0.25) is 0 Å². The summed E-state index contributed by atoms with van der Waals surface area (Å²) in [5.41, 5.74) is 0. The number of hydrogen-bond donors (Lipinski definition) is 1. The van der Waals surface area contributed by atoms with Crippen molar-refractivity contribution in [2.75, 3.05) is 13.2 Å². The Morgan fingerprint density at radius 3 is 2.71 bits per heavy atom. The third-order valence-electron chi connectivity index (χ3n) is 0.892. The maximum atomic E-state index is 10.2. The molecule has 3 heteroatoms. The van der Waals surface area contributed by atoms with E-state index >= 15 is 0 Å². The van der Waals surface area contributed by atoms with Crippen molar-refractivity contribution in [3.8, 4) is 0 Å². The van der Waals surface area contributed by atoms with Gasteiger partial charge in [-0.1, -0.05) is 0 Å². The van der Waals surface area contributed by atoms with E-state index in [-0.39, 0.29) is 19.0 Å². The molecule has 40 valence electrons. The smallest absolute Gasteiger partial charge is 0.189 e. The second-order valence-electron chi connectivity index (χ2n) is 1.50. The summed E-state index contributed by atoms with van der Waals surface area (Å²) in [6, 6.07) is 0. The molecule has 0 aromatic rings. The van der Waals surface area contributed by atoms with Crippen LogP contribution in [0, 0.1) is 0 Å². The van der Waals surface area contributed by atoms with Gasteiger partial charge in [0.25, 0.3) is 0 Å². The van der Waals surface area contributed by atoms with E-state index in [1.54, 1.807) is 0 Å². The van der Waals surface area contributed by atoms with Crippen LogP contribution in [0.5, 0.6) is 0 Å². The number of carbonyl (C=O) groups excluding carboxylic acids is 1. The topological polar surface area (TPSA) is 46.5 Å². The van der Waals surface area contributed by atoms with Gasteiger partial charge in [-0.3, -0.25) is 4.79 Å². The van der Waals surface area contributed by atoms with Gasteiger partial charge in [0, 0.05) is 0 Å². The van der Waals surface area contributed by atoms with Crippen LogP contribution in [0.4, 0.5) is 0 Å². The van der Waals surface area contributed by atoms with Gasteiger partial charge in [-0.2, -0.15) is 0 Å². The van der Waals surface area contributed by atoms with Crippen LogP contribution in [-0.2, 0) is 9.53 Å². The van der Waals surface area contributed by atoms with Crippen LogP contribution < -0.4 is 0 Å². The summed E-state index contributed by atoms with van der Waals surface area (Å²) in [5.74, 6) is -0.208. The Morgan fingerprint density at radius 2 is 2.57 bits per heavy atom. The van der Waals surface area contributed by atoms with Crippen molar-refractivity contribution in [1.82, 2.24) is 0 Å². The molecule has 1 fully saturated rings. The Morgan fingerprint density at radius 1 is 1.86 bits per heavy atom. The van der Waals surface area contributed by atoms with E-state index < -0.39 is 6.10 Å². The third kappa shape index (κ3) is 0.783. The first-order chi connectivity index (χ1) is 3.30. The lowest BCUT2D eigenvalue weighted by atomic mass is 10.3. The lowest BCUT2D eigenvalue weighted by Gasteiger charge is -1.88. The van der Waals surface area contributed by atoms with Crippen molar-refractivity contribution in [3.05, 3.63) is 0 Å².